The molecule has 1 atom stereocenters. The molecule has 0 saturated carbocycles. The van der Waals surface area contributed by atoms with Gasteiger partial charge in [-0.05, 0) is 31.6 Å². The maximum atomic E-state index is 2.41. The van der Waals surface area contributed by atoms with Crippen LogP contribution in [0.1, 0.15) is 104 Å². The van der Waals surface area contributed by atoms with Crippen molar-refractivity contribution in [1.82, 2.24) is 0 Å². The minimum Gasteiger partial charge on any atom is -0.0885 e. The molecule has 0 rings (SSSR count). The zero-order chi connectivity index (χ0) is 14.2. The molecule has 0 aromatic heterocycles. The van der Waals surface area contributed by atoms with E-state index in [1.54, 1.807) is 0 Å². The van der Waals surface area contributed by atoms with Gasteiger partial charge < -0.3 is 0 Å². The summed E-state index contributed by atoms with van der Waals surface area (Å²) in [6.45, 7) is 6.98. The SMILES string of the molecule is CCCCCCCC/C=C/CCCCC(C)CCC. The first-order valence-corrected chi connectivity index (χ1v) is 8.96. The smallest absolute Gasteiger partial charge is 0.0351 e. The van der Waals surface area contributed by atoms with E-state index in [1.165, 1.54) is 83.5 Å². The highest BCUT2D eigenvalue weighted by molar-refractivity contribution is 4.81. The summed E-state index contributed by atoms with van der Waals surface area (Å²) in [6.07, 6.45) is 22.9. The van der Waals surface area contributed by atoms with Gasteiger partial charge in [0.15, 0.2) is 0 Å². The lowest BCUT2D eigenvalue weighted by Gasteiger charge is -2.08. The first-order chi connectivity index (χ1) is 9.31. The van der Waals surface area contributed by atoms with E-state index in [0.717, 1.165) is 5.92 Å². The van der Waals surface area contributed by atoms with Crippen LogP contribution in [0.25, 0.3) is 0 Å². The topological polar surface area (TPSA) is 0 Å². The van der Waals surface area contributed by atoms with E-state index in [-0.39, 0.29) is 0 Å². The number of hydrogen-bond acceptors (Lipinski definition) is 0. The minimum atomic E-state index is 0.942. The summed E-state index contributed by atoms with van der Waals surface area (Å²) in [4.78, 5) is 0. The Morgan fingerprint density at radius 2 is 1.21 bits per heavy atom. The molecule has 114 valence electrons. The van der Waals surface area contributed by atoms with Gasteiger partial charge in [-0.25, -0.2) is 0 Å². The van der Waals surface area contributed by atoms with E-state index in [9.17, 15) is 0 Å². The van der Waals surface area contributed by atoms with Crippen molar-refractivity contribution < 1.29 is 0 Å². The van der Waals surface area contributed by atoms with Crippen LogP contribution in [0.5, 0.6) is 0 Å². The van der Waals surface area contributed by atoms with Crippen LogP contribution in [0.15, 0.2) is 12.2 Å². The fraction of sp³-hybridized carbons (Fsp3) is 0.895. The Labute approximate surface area is 123 Å². The molecule has 0 aliphatic carbocycles. The third kappa shape index (κ3) is 15.7. The van der Waals surface area contributed by atoms with Crippen LogP contribution in [0.2, 0.25) is 0 Å². The lowest BCUT2D eigenvalue weighted by atomic mass is 9.98. The van der Waals surface area contributed by atoms with Crippen molar-refractivity contribution in [3.63, 3.8) is 0 Å². The minimum absolute atomic E-state index is 0.942. The van der Waals surface area contributed by atoms with E-state index in [4.69, 9.17) is 0 Å². The van der Waals surface area contributed by atoms with Crippen LogP contribution < -0.4 is 0 Å². The van der Waals surface area contributed by atoms with Crippen LogP contribution in [0, 0.1) is 5.92 Å². The third-order valence-electron chi connectivity index (χ3n) is 3.99. The predicted octanol–water partition coefficient (Wildman–Crippen LogP) is 7.29. The number of allylic oxidation sites excluding steroid dienone is 2. The molecule has 0 aromatic rings. The molecule has 1 unspecified atom stereocenters. The molecule has 0 aliphatic rings. The second-order valence-electron chi connectivity index (χ2n) is 6.21. The van der Waals surface area contributed by atoms with Gasteiger partial charge in [0.05, 0.1) is 0 Å². The second kappa shape index (κ2) is 15.8. The van der Waals surface area contributed by atoms with Crippen molar-refractivity contribution in [2.24, 2.45) is 5.92 Å². The number of hydrogen-bond donors (Lipinski definition) is 0. The van der Waals surface area contributed by atoms with Crippen molar-refractivity contribution in [1.29, 1.82) is 0 Å². The average Bonchev–Trinajstić information content (AvgIpc) is 2.40. The lowest BCUT2D eigenvalue weighted by molar-refractivity contribution is 0.462. The monoisotopic (exact) mass is 266 g/mol. The fourth-order valence-corrected chi connectivity index (χ4v) is 2.67. The van der Waals surface area contributed by atoms with Crippen molar-refractivity contribution in [3.05, 3.63) is 12.2 Å². The van der Waals surface area contributed by atoms with Gasteiger partial charge in [0, 0.05) is 0 Å². The van der Waals surface area contributed by atoms with Gasteiger partial charge in [-0.15, -0.1) is 0 Å². The van der Waals surface area contributed by atoms with Crippen molar-refractivity contribution in [3.8, 4) is 0 Å². The van der Waals surface area contributed by atoms with Crippen molar-refractivity contribution >= 4 is 0 Å². The maximum Gasteiger partial charge on any atom is -0.0351 e. The molecule has 0 N–H and O–H groups in total. The Kier molecular flexibility index (Phi) is 15.6. The third-order valence-corrected chi connectivity index (χ3v) is 3.99. The van der Waals surface area contributed by atoms with Crippen LogP contribution >= 0.6 is 0 Å². The van der Waals surface area contributed by atoms with Crippen LogP contribution in [0.4, 0.5) is 0 Å². The molecule has 0 saturated heterocycles. The molecule has 0 bridgehead atoms. The Morgan fingerprint density at radius 3 is 1.84 bits per heavy atom. The standard InChI is InChI=1S/C19H38/c1-4-6-7-8-9-10-11-12-13-14-15-16-18-19(3)17-5-2/h12-13,19H,4-11,14-18H2,1-3H3/b13-12+. The first-order valence-electron chi connectivity index (χ1n) is 8.96. The van der Waals surface area contributed by atoms with Gasteiger partial charge in [0.2, 0.25) is 0 Å². The van der Waals surface area contributed by atoms with Gasteiger partial charge in [-0.2, -0.15) is 0 Å². The Balaban J connectivity index is 3.13. The summed E-state index contributed by atoms with van der Waals surface area (Å²) in [5, 5.41) is 0. The molecular weight excluding hydrogens is 228 g/mol. The Morgan fingerprint density at radius 1 is 0.632 bits per heavy atom. The molecule has 19 heavy (non-hydrogen) atoms. The summed E-state index contributed by atoms with van der Waals surface area (Å²) >= 11 is 0. The molecule has 0 fully saturated rings. The summed E-state index contributed by atoms with van der Waals surface area (Å²) < 4.78 is 0. The predicted molar refractivity (Wildman–Crippen MR) is 89.7 cm³/mol. The average molecular weight is 267 g/mol. The molecular formula is C19H38. The zero-order valence-electron chi connectivity index (χ0n) is 13.9. The highest BCUT2D eigenvalue weighted by atomic mass is 14.0. The van der Waals surface area contributed by atoms with E-state index in [0.29, 0.717) is 0 Å². The first kappa shape index (κ1) is 18.7. The van der Waals surface area contributed by atoms with Crippen LogP contribution in [-0.2, 0) is 0 Å². The van der Waals surface area contributed by atoms with Gasteiger partial charge in [-0.3, -0.25) is 0 Å². The fourth-order valence-electron chi connectivity index (χ4n) is 2.67. The van der Waals surface area contributed by atoms with Gasteiger partial charge in [-0.1, -0.05) is 90.7 Å². The quantitative estimate of drug-likeness (QED) is 0.229. The van der Waals surface area contributed by atoms with E-state index >= 15 is 0 Å². The summed E-state index contributed by atoms with van der Waals surface area (Å²) in [5.74, 6) is 0.942. The molecule has 0 radical (unpaired) electrons. The molecule has 0 spiro atoms. The van der Waals surface area contributed by atoms with Crippen LogP contribution in [0.3, 0.4) is 0 Å². The normalized spacial score (nSPS) is 13.2. The van der Waals surface area contributed by atoms with Gasteiger partial charge in [0.25, 0.3) is 0 Å². The van der Waals surface area contributed by atoms with Crippen molar-refractivity contribution in [2.45, 2.75) is 104 Å². The maximum absolute atomic E-state index is 2.41. The number of unbranched alkanes of at least 4 members (excludes halogenated alkanes) is 8. The summed E-state index contributed by atoms with van der Waals surface area (Å²) in [6, 6.07) is 0. The zero-order valence-corrected chi connectivity index (χ0v) is 13.9. The molecule has 0 heteroatoms. The molecule has 0 amide bonds. The summed E-state index contributed by atoms with van der Waals surface area (Å²) in [7, 11) is 0. The molecule has 0 aliphatic heterocycles. The Bertz CT molecular complexity index is 180. The van der Waals surface area contributed by atoms with E-state index in [1.807, 2.05) is 0 Å². The van der Waals surface area contributed by atoms with Crippen molar-refractivity contribution in [2.75, 3.05) is 0 Å². The highest BCUT2D eigenvalue weighted by Gasteiger charge is 1.98. The van der Waals surface area contributed by atoms with E-state index in [2.05, 4.69) is 32.9 Å². The molecule has 0 nitrogen and oxygen atoms in total. The Hall–Kier alpha value is -0.260. The van der Waals surface area contributed by atoms with Crippen LogP contribution in [-0.4, -0.2) is 0 Å². The lowest BCUT2D eigenvalue weighted by Crippen LogP contribution is -1.93. The largest absolute Gasteiger partial charge is 0.0885 e. The van der Waals surface area contributed by atoms with E-state index < -0.39 is 0 Å². The highest BCUT2D eigenvalue weighted by Crippen LogP contribution is 2.14. The second-order valence-corrected chi connectivity index (χ2v) is 6.21. The molecule has 0 heterocycles. The van der Waals surface area contributed by atoms with Gasteiger partial charge >= 0.3 is 0 Å². The summed E-state index contributed by atoms with van der Waals surface area (Å²) in [5.41, 5.74) is 0. The molecule has 0 aromatic carbocycles. The number of rotatable bonds is 14. The van der Waals surface area contributed by atoms with Gasteiger partial charge in [0.1, 0.15) is 0 Å².